The number of methoxy groups -OCH3 is 1. The molecule has 0 saturated carbocycles. The van der Waals surface area contributed by atoms with Crippen molar-refractivity contribution in [1.29, 1.82) is 0 Å². The summed E-state index contributed by atoms with van der Waals surface area (Å²) in [5.41, 5.74) is 0.753. The molecule has 1 saturated heterocycles. The van der Waals surface area contributed by atoms with E-state index in [1.807, 2.05) is 60.6 Å². The molecule has 3 heterocycles. The fraction of sp³-hybridized carbons (Fsp3) is 0.682. The van der Waals surface area contributed by atoms with Crippen LogP contribution >= 0.6 is 11.8 Å². The summed E-state index contributed by atoms with van der Waals surface area (Å²) in [6, 6.07) is 3.10. The van der Waals surface area contributed by atoms with E-state index in [4.69, 9.17) is 14.5 Å². The monoisotopic (exact) mass is 825 g/mol. The summed E-state index contributed by atoms with van der Waals surface area (Å²) >= 11 is 1.56. The predicted molar refractivity (Wildman–Crippen MR) is 227 cm³/mol. The van der Waals surface area contributed by atoms with Crippen molar-refractivity contribution in [3.05, 3.63) is 41.5 Å². The molecule has 3 aliphatic rings. The lowest BCUT2D eigenvalue weighted by atomic mass is 9.81. The maximum Gasteiger partial charge on any atom is 0.329 e. The number of carbonyl (C=O) groups excluding carboxylic acids is 5. The van der Waals surface area contributed by atoms with Gasteiger partial charge in [0.05, 0.1) is 24.3 Å². The minimum absolute atomic E-state index is 0.00223. The minimum atomic E-state index is -1.03. The number of nitrogens with one attached hydrogen (secondary N) is 2. The number of rotatable bonds is 5. The Kier molecular flexibility index (Phi) is 16.4. The Morgan fingerprint density at radius 3 is 2.33 bits per heavy atom. The maximum atomic E-state index is 14.3. The summed E-state index contributed by atoms with van der Waals surface area (Å²) in [6.45, 7) is 17.5. The topological polar surface area (TPSA) is 167 Å². The van der Waals surface area contributed by atoms with E-state index in [-0.39, 0.29) is 36.1 Å². The van der Waals surface area contributed by atoms with Gasteiger partial charge in [-0.05, 0) is 74.5 Å². The number of aliphatic hydroxyl groups excluding tert-OH is 1. The molecule has 0 aromatic heterocycles. The van der Waals surface area contributed by atoms with Crippen molar-refractivity contribution in [2.24, 2.45) is 28.2 Å². The lowest BCUT2D eigenvalue weighted by molar-refractivity contribution is -0.165. The lowest BCUT2D eigenvalue weighted by Gasteiger charge is -2.36. The normalized spacial score (nSPS) is 31.8. The number of esters is 1. The van der Waals surface area contributed by atoms with Crippen molar-refractivity contribution in [3.8, 4) is 5.75 Å². The number of nitrogens with zero attached hydrogens (tertiary/aromatic N) is 3. The van der Waals surface area contributed by atoms with Gasteiger partial charge in [-0.1, -0.05) is 73.1 Å². The summed E-state index contributed by atoms with van der Waals surface area (Å²) in [6.07, 6.45) is 3.38. The summed E-state index contributed by atoms with van der Waals surface area (Å²) < 4.78 is 11.6. The van der Waals surface area contributed by atoms with Gasteiger partial charge in [0, 0.05) is 37.3 Å². The van der Waals surface area contributed by atoms with Gasteiger partial charge >= 0.3 is 5.97 Å². The molecule has 2 bridgehead atoms. The van der Waals surface area contributed by atoms with Gasteiger partial charge in [0.15, 0.2) is 0 Å². The van der Waals surface area contributed by atoms with Crippen molar-refractivity contribution in [2.75, 3.05) is 26.5 Å². The van der Waals surface area contributed by atoms with Crippen LogP contribution in [0.25, 0.3) is 0 Å². The molecule has 1 aromatic rings. The highest BCUT2D eigenvalue weighted by Crippen LogP contribution is 2.34. The van der Waals surface area contributed by atoms with Crippen molar-refractivity contribution >= 4 is 46.4 Å². The van der Waals surface area contributed by atoms with Gasteiger partial charge in [-0.25, -0.2) is 4.79 Å². The molecule has 14 heteroatoms. The molecule has 4 amide bonds. The van der Waals surface area contributed by atoms with Crippen LogP contribution in [0, 0.1) is 23.2 Å². The quantitative estimate of drug-likeness (QED) is 0.349. The fourth-order valence-corrected chi connectivity index (χ4v) is 8.78. The Morgan fingerprint density at radius 1 is 1.03 bits per heavy atom. The molecule has 10 atom stereocenters. The number of cyclic esters (lactones) is 1. The van der Waals surface area contributed by atoms with Crippen LogP contribution < -0.4 is 15.4 Å². The number of thioether (sulfide) groups is 1. The second kappa shape index (κ2) is 20.4. The van der Waals surface area contributed by atoms with Crippen LogP contribution in [0.4, 0.5) is 0 Å². The molecule has 3 aliphatic heterocycles. The molecular weight excluding hydrogens is 759 g/mol. The van der Waals surface area contributed by atoms with E-state index in [9.17, 15) is 29.1 Å². The van der Waals surface area contributed by atoms with E-state index in [0.717, 1.165) is 10.6 Å². The number of carbonyl (C=O) groups is 5. The molecule has 13 nitrogen and oxygen atoms in total. The molecule has 0 aliphatic carbocycles. The van der Waals surface area contributed by atoms with Gasteiger partial charge in [-0.15, -0.1) is 11.8 Å². The Labute approximate surface area is 349 Å². The van der Waals surface area contributed by atoms with Crippen LogP contribution in [-0.2, 0) is 35.1 Å². The molecule has 1 fully saturated rings. The highest BCUT2D eigenvalue weighted by Gasteiger charge is 2.43. The molecule has 0 radical (unpaired) electrons. The first-order chi connectivity index (χ1) is 27.2. The van der Waals surface area contributed by atoms with Gasteiger partial charge in [-0.2, -0.15) is 0 Å². The third-order valence-corrected chi connectivity index (χ3v) is 13.3. The van der Waals surface area contributed by atoms with Crippen molar-refractivity contribution in [2.45, 2.75) is 143 Å². The number of amides is 4. The molecule has 1 aromatic carbocycles. The zero-order valence-electron chi connectivity index (χ0n) is 36.4. The van der Waals surface area contributed by atoms with Crippen LogP contribution in [-0.4, -0.2) is 118 Å². The molecule has 4 rings (SSSR count). The average molecular weight is 826 g/mol. The van der Waals surface area contributed by atoms with Crippen LogP contribution in [0.2, 0.25) is 0 Å². The first-order valence-electron chi connectivity index (χ1n) is 20.8. The predicted octanol–water partition coefficient (Wildman–Crippen LogP) is 4.94. The zero-order chi connectivity index (χ0) is 43.1. The van der Waals surface area contributed by atoms with Crippen molar-refractivity contribution in [1.82, 2.24) is 20.4 Å². The van der Waals surface area contributed by atoms with E-state index in [0.29, 0.717) is 55.7 Å². The largest absolute Gasteiger partial charge is 0.497 e. The number of fused-ring (bicyclic) bond motifs is 2. The number of aliphatic imine (C=N–C) groups is 1. The number of aliphatic hydroxyl groups is 1. The average Bonchev–Trinajstić information content (AvgIpc) is 3.87. The van der Waals surface area contributed by atoms with Crippen molar-refractivity contribution in [3.63, 3.8) is 0 Å². The van der Waals surface area contributed by atoms with Crippen LogP contribution in [0.3, 0.4) is 0 Å². The summed E-state index contributed by atoms with van der Waals surface area (Å²) in [5.74, 6) is -1.57. The third-order valence-electron chi connectivity index (χ3n) is 12.0. The molecule has 0 spiro atoms. The second-order valence-corrected chi connectivity index (χ2v) is 18.7. The van der Waals surface area contributed by atoms with E-state index in [2.05, 4.69) is 10.6 Å². The van der Waals surface area contributed by atoms with Gasteiger partial charge in [0.1, 0.15) is 36.0 Å². The number of benzene rings is 1. The highest BCUT2D eigenvalue weighted by atomic mass is 32.2. The molecular formula is C44H67N5O8S. The summed E-state index contributed by atoms with van der Waals surface area (Å²) in [7, 11) is 3.07. The lowest BCUT2D eigenvalue weighted by Crippen LogP contribution is -2.59. The van der Waals surface area contributed by atoms with Crippen molar-refractivity contribution < 1.29 is 38.6 Å². The highest BCUT2D eigenvalue weighted by molar-refractivity contribution is 8.14. The number of hydrogen-bond acceptors (Lipinski definition) is 10. The van der Waals surface area contributed by atoms with E-state index in [1.54, 1.807) is 55.8 Å². The minimum Gasteiger partial charge on any atom is -0.497 e. The standard InChI is InChI=1S/C44H67N5O8S/c1-12-26(3)37-42(54)49-19-13-14-34(49)43(55)57-36(44(7,8)9)21-25(2)20-35(50)28(5)40-45-31(24-58-40)22-27(4)38(51)46-33(23-30-15-17-32(56-11)18-16-30)41(53)48(10)29(6)39(52)47-37/h15-18,22,25-26,28-29,31,33-37,50H,12-14,19-21,23-24H2,1-11H3,(H,46,51)(H,47,52)/b27-22+/t25-,26-,28-,29-,31-,33-,34?,35-,36-,37-/m0/s1. The Hall–Kier alpha value is -3.91. The number of hydrogen-bond donors (Lipinski definition) is 3. The van der Waals surface area contributed by atoms with Crippen LogP contribution in [0.15, 0.2) is 40.9 Å². The van der Waals surface area contributed by atoms with Gasteiger partial charge in [-0.3, -0.25) is 24.2 Å². The third kappa shape index (κ3) is 11.9. The summed E-state index contributed by atoms with van der Waals surface area (Å²) in [4.78, 5) is 78.0. The van der Waals surface area contributed by atoms with Gasteiger partial charge in [0.25, 0.3) is 0 Å². The van der Waals surface area contributed by atoms with E-state index in [1.165, 1.54) is 11.9 Å². The Bertz CT molecular complexity index is 1690. The Balaban J connectivity index is 1.71. The van der Waals surface area contributed by atoms with Gasteiger partial charge < -0.3 is 35.0 Å². The zero-order valence-corrected chi connectivity index (χ0v) is 37.2. The maximum absolute atomic E-state index is 14.3. The molecule has 1 unspecified atom stereocenters. The molecule has 322 valence electrons. The molecule has 3 N–H and O–H groups in total. The number of likely N-dealkylation sites (N-methyl/N-ethyl adjacent to an activating group) is 1. The van der Waals surface area contributed by atoms with Gasteiger partial charge in [0.2, 0.25) is 23.6 Å². The summed E-state index contributed by atoms with van der Waals surface area (Å²) in [5, 5.41) is 18.1. The SMILES string of the molecule is CC[C@H](C)[C@@H]1NC(=O)[C@H](C)N(C)C(=O)[C@H](Cc2ccc(OC)cc2)NC(=O)/C(C)=C/[C@H]2CSC(=N2)[C@@H](C)[C@@H](O)C[C@H](C)C[C@@H](C(C)(C)C)OC(=O)C2CCCN2C1=O. The van der Waals surface area contributed by atoms with Crippen LogP contribution in [0.5, 0.6) is 5.75 Å². The smallest absolute Gasteiger partial charge is 0.329 e. The van der Waals surface area contributed by atoms with Crippen LogP contribution in [0.1, 0.15) is 100.0 Å². The van der Waals surface area contributed by atoms with E-state index >= 15 is 0 Å². The number of ether oxygens (including phenoxy) is 2. The second-order valence-electron chi connectivity index (χ2n) is 17.7. The Morgan fingerprint density at radius 2 is 1.71 bits per heavy atom. The first kappa shape index (κ1) is 46.8. The molecule has 58 heavy (non-hydrogen) atoms. The van der Waals surface area contributed by atoms with E-state index < -0.39 is 65.5 Å². The fourth-order valence-electron chi connectivity index (χ4n) is 7.64. The first-order valence-corrected chi connectivity index (χ1v) is 21.8.